The third-order valence-corrected chi connectivity index (χ3v) is 7.50. The second-order valence-corrected chi connectivity index (χ2v) is 10.3. The van der Waals surface area contributed by atoms with Gasteiger partial charge in [0, 0.05) is 31.8 Å². The lowest BCUT2D eigenvalue weighted by molar-refractivity contribution is -0.125. The van der Waals surface area contributed by atoms with E-state index in [9.17, 15) is 18.4 Å². The molecule has 1 aromatic carbocycles. The van der Waals surface area contributed by atoms with E-state index in [1.807, 2.05) is 0 Å². The van der Waals surface area contributed by atoms with Crippen molar-refractivity contribution in [3.63, 3.8) is 0 Å². The summed E-state index contributed by atoms with van der Waals surface area (Å²) in [5.41, 5.74) is 13.4. The number of primary amides is 1. The first-order valence-electron chi connectivity index (χ1n) is 12.4. The summed E-state index contributed by atoms with van der Waals surface area (Å²) in [6.45, 7) is 4.07. The van der Waals surface area contributed by atoms with Gasteiger partial charge in [-0.2, -0.15) is 10.2 Å². The van der Waals surface area contributed by atoms with Crippen molar-refractivity contribution in [1.29, 1.82) is 0 Å². The number of hydrogen-bond donors (Lipinski definition) is 2. The quantitative estimate of drug-likeness (QED) is 0.482. The largest absolute Gasteiger partial charge is 0.383 e. The van der Waals surface area contributed by atoms with E-state index in [4.69, 9.17) is 11.5 Å². The van der Waals surface area contributed by atoms with Crippen molar-refractivity contribution in [3.05, 3.63) is 53.2 Å². The van der Waals surface area contributed by atoms with Gasteiger partial charge in [0.05, 0.1) is 12.6 Å². The van der Waals surface area contributed by atoms with Crippen LogP contribution in [-0.4, -0.2) is 49.4 Å². The molecule has 0 unspecified atom stereocenters. The average molecular weight is 522 g/mol. The molecule has 0 radical (unpaired) electrons. The van der Waals surface area contributed by atoms with Crippen LogP contribution in [0.5, 0.6) is 0 Å². The number of nitrogens with two attached hydrogens (primary N) is 2. The molecule has 2 aromatic heterocycles. The standard InChI is InChI=1S/C27H29F2N7O2/c1-3-5-21(37)34-11-9-27(16-34)13-19(14-27)36-24(30)22(25(31)38)23(33-36)20-8-10-35(32-20)15-17-6-4-7-18(12-17)26(2,28)29/h4,6-8,10,12,19H,9,11,13-16,30H2,1-2H3,(H2,31,38). The van der Waals surface area contributed by atoms with Crippen LogP contribution < -0.4 is 11.5 Å². The molecule has 1 saturated heterocycles. The summed E-state index contributed by atoms with van der Waals surface area (Å²) in [6.07, 6.45) is 4.11. The van der Waals surface area contributed by atoms with E-state index in [-0.39, 0.29) is 46.5 Å². The van der Waals surface area contributed by atoms with E-state index < -0.39 is 11.8 Å². The molecule has 38 heavy (non-hydrogen) atoms. The number of halogens is 2. The van der Waals surface area contributed by atoms with Crippen LogP contribution in [0.2, 0.25) is 0 Å². The highest BCUT2D eigenvalue weighted by Crippen LogP contribution is 2.54. The van der Waals surface area contributed by atoms with Crippen LogP contribution in [0.4, 0.5) is 14.6 Å². The third-order valence-electron chi connectivity index (χ3n) is 7.50. The average Bonchev–Trinajstić information content (AvgIpc) is 3.55. The number of aromatic nitrogens is 4. The van der Waals surface area contributed by atoms with Crippen LogP contribution in [0.15, 0.2) is 36.5 Å². The smallest absolute Gasteiger partial charge is 0.298 e. The van der Waals surface area contributed by atoms with Crippen LogP contribution in [0.25, 0.3) is 11.4 Å². The highest BCUT2D eigenvalue weighted by atomic mass is 19.3. The molecule has 9 nitrogen and oxygen atoms in total. The minimum Gasteiger partial charge on any atom is -0.383 e. The number of carbonyl (C=O) groups is 2. The first-order valence-corrected chi connectivity index (χ1v) is 12.4. The molecule has 1 spiro atoms. The zero-order valence-electron chi connectivity index (χ0n) is 21.2. The lowest BCUT2D eigenvalue weighted by Crippen LogP contribution is -2.42. The molecule has 198 valence electrons. The predicted molar refractivity (Wildman–Crippen MR) is 137 cm³/mol. The van der Waals surface area contributed by atoms with Gasteiger partial charge in [-0.15, -0.1) is 0 Å². The summed E-state index contributed by atoms with van der Waals surface area (Å²) in [4.78, 5) is 26.3. The molecule has 3 aromatic rings. The lowest BCUT2D eigenvalue weighted by atomic mass is 9.65. The summed E-state index contributed by atoms with van der Waals surface area (Å²) in [7, 11) is 0. The number of nitrogen functional groups attached to an aromatic ring is 1. The Bertz CT molecular complexity index is 1470. The zero-order valence-corrected chi connectivity index (χ0v) is 21.2. The van der Waals surface area contributed by atoms with Crippen LogP contribution in [0.3, 0.4) is 0 Å². The highest BCUT2D eigenvalue weighted by molar-refractivity contribution is 6.03. The fraction of sp³-hybridized carbons (Fsp3) is 0.407. The zero-order chi connectivity index (χ0) is 27.2. The second-order valence-electron chi connectivity index (χ2n) is 10.3. The molecule has 11 heteroatoms. The van der Waals surface area contributed by atoms with E-state index in [0.29, 0.717) is 24.3 Å². The summed E-state index contributed by atoms with van der Waals surface area (Å²) in [6, 6.07) is 7.82. The van der Waals surface area contributed by atoms with Gasteiger partial charge in [-0.05, 0) is 55.2 Å². The number of amides is 2. The molecule has 0 atom stereocenters. The van der Waals surface area contributed by atoms with E-state index in [0.717, 1.165) is 26.2 Å². The van der Waals surface area contributed by atoms with Gasteiger partial charge in [0.2, 0.25) is 0 Å². The number of likely N-dealkylation sites (tertiary alicyclic amines) is 1. The summed E-state index contributed by atoms with van der Waals surface area (Å²) in [5.74, 6) is 1.63. The summed E-state index contributed by atoms with van der Waals surface area (Å²) < 4.78 is 30.7. The molecule has 2 fully saturated rings. The highest BCUT2D eigenvalue weighted by Gasteiger charge is 2.51. The topological polar surface area (TPSA) is 125 Å². The first-order chi connectivity index (χ1) is 18.0. The first kappa shape index (κ1) is 25.4. The van der Waals surface area contributed by atoms with Crippen molar-refractivity contribution < 1.29 is 18.4 Å². The Morgan fingerprint density at radius 1 is 1.24 bits per heavy atom. The minimum absolute atomic E-state index is 0.00734. The van der Waals surface area contributed by atoms with Crippen LogP contribution in [0.1, 0.15) is 60.6 Å². The molecule has 1 aliphatic carbocycles. The molecule has 1 aliphatic heterocycles. The fourth-order valence-electron chi connectivity index (χ4n) is 5.59. The molecule has 2 aliphatic rings. The van der Waals surface area contributed by atoms with Gasteiger partial charge in [0.1, 0.15) is 22.8 Å². The second kappa shape index (κ2) is 9.28. The fourth-order valence-corrected chi connectivity index (χ4v) is 5.59. The number of rotatable bonds is 6. The predicted octanol–water partition coefficient (Wildman–Crippen LogP) is 3.16. The Labute approximate surface area is 218 Å². The molecule has 1 saturated carbocycles. The van der Waals surface area contributed by atoms with Crippen LogP contribution in [-0.2, 0) is 17.3 Å². The van der Waals surface area contributed by atoms with Crippen LogP contribution >= 0.6 is 0 Å². The van der Waals surface area contributed by atoms with Crippen molar-refractivity contribution in [3.8, 4) is 23.2 Å². The Balaban J connectivity index is 1.35. The van der Waals surface area contributed by atoms with Crippen molar-refractivity contribution >= 4 is 17.6 Å². The molecular weight excluding hydrogens is 492 g/mol. The Kier molecular flexibility index (Phi) is 6.21. The van der Waals surface area contributed by atoms with Gasteiger partial charge in [-0.25, -0.2) is 13.5 Å². The van der Waals surface area contributed by atoms with Gasteiger partial charge < -0.3 is 16.4 Å². The third kappa shape index (κ3) is 4.62. The van der Waals surface area contributed by atoms with Gasteiger partial charge >= 0.3 is 0 Å². The maximum Gasteiger partial charge on any atom is 0.298 e. The number of nitrogens with zero attached hydrogens (tertiary/aromatic N) is 5. The van der Waals surface area contributed by atoms with Gasteiger partial charge in [0.15, 0.2) is 0 Å². The summed E-state index contributed by atoms with van der Waals surface area (Å²) in [5, 5.41) is 9.16. The van der Waals surface area contributed by atoms with Crippen molar-refractivity contribution in [1.82, 2.24) is 24.5 Å². The number of alkyl halides is 2. The Morgan fingerprint density at radius 2 is 2.00 bits per heavy atom. The monoisotopic (exact) mass is 521 g/mol. The normalized spacial score (nSPS) is 20.7. The minimum atomic E-state index is -2.94. The van der Waals surface area contributed by atoms with Gasteiger partial charge in [0.25, 0.3) is 17.7 Å². The number of benzene rings is 1. The van der Waals surface area contributed by atoms with Crippen LogP contribution in [0, 0.1) is 17.3 Å². The number of carbonyl (C=O) groups excluding carboxylic acids is 2. The van der Waals surface area contributed by atoms with E-state index >= 15 is 0 Å². The van der Waals surface area contributed by atoms with E-state index in [1.54, 1.807) is 45.6 Å². The molecule has 0 bridgehead atoms. The van der Waals surface area contributed by atoms with E-state index in [2.05, 4.69) is 22.0 Å². The summed E-state index contributed by atoms with van der Waals surface area (Å²) >= 11 is 0. The molecule has 5 rings (SSSR count). The van der Waals surface area contributed by atoms with Crippen molar-refractivity contribution in [2.24, 2.45) is 11.1 Å². The molecule has 3 heterocycles. The molecule has 2 amide bonds. The number of hydrogen-bond acceptors (Lipinski definition) is 5. The van der Waals surface area contributed by atoms with Gasteiger partial charge in [-0.1, -0.05) is 24.1 Å². The van der Waals surface area contributed by atoms with Crippen molar-refractivity contribution in [2.45, 2.75) is 51.6 Å². The molecule has 4 N–H and O–H groups in total. The SMILES string of the molecule is CC#CC(=O)N1CCC2(CC(n3nc(-c4ccn(Cc5cccc(C(C)(F)F)c5)n4)c(C(N)=O)c3N)C2)C1. The maximum atomic E-state index is 13.7. The van der Waals surface area contributed by atoms with Gasteiger partial charge in [-0.3, -0.25) is 14.3 Å². The molecular formula is C27H29F2N7O2. The lowest BCUT2D eigenvalue weighted by Gasteiger charge is -2.45. The Morgan fingerprint density at radius 3 is 2.68 bits per heavy atom. The van der Waals surface area contributed by atoms with Crippen molar-refractivity contribution in [2.75, 3.05) is 18.8 Å². The van der Waals surface area contributed by atoms with E-state index in [1.165, 1.54) is 12.1 Å². The maximum absolute atomic E-state index is 13.7. The Hall–Kier alpha value is -4.20. The number of anilines is 1.